The molecule has 1 aromatic carbocycles. The number of anilines is 1. The molecule has 0 fully saturated rings. The molecule has 0 radical (unpaired) electrons. The lowest BCUT2D eigenvalue weighted by molar-refractivity contribution is 0.103. The second-order valence-electron chi connectivity index (χ2n) is 3.77. The molecule has 2 rings (SSSR count). The average Bonchev–Trinajstić information content (AvgIpc) is 2.76. The largest absolute Gasteiger partial charge is 0.389 e. The van der Waals surface area contributed by atoms with Crippen LogP contribution in [0.2, 0.25) is 0 Å². The molecule has 0 unspecified atom stereocenters. The quantitative estimate of drug-likeness (QED) is 0.847. The molecule has 0 aliphatic heterocycles. The highest BCUT2D eigenvalue weighted by molar-refractivity contribution is 7.80. The lowest BCUT2D eigenvalue weighted by Crippen LogP contribution is -2.16. The summed E-state index contributed by atoms with van der Waals surface area (Å²) < 4.78 is 0. The molecule has 2 aromatic rings. The molecule has 18 heavy (non-hydrogen) atoms. The van der Waals surface area contributed by atoms with Gasteiger partial charge in [-0.3, -0.25) is 4.79 Å². The van der Waals surface area contributed by atoms with Crippen molar-refractivity contribution in [3.05, 3.63) is 51.7 Å². The van der Waals surface area contributed by atoms with E-state index in [1.165, 1.54) is 11.3 Å². The summed E-state index contributed by atoms with van der Waals surface area (Å²) in [5, 5.41) is 2.83. The number of carbonyl (C=O) groups is 1. The van der Waals surface area contributed by atoms with Crippen LogP contribution in [0.15, 0.2) is 36.4 Å². The first-order chi connectivity index (χ1) is 8.58. The number of hydrogen-bond donors (Lipinski definition) is 2. The van der Waals surface area contributed by atoms with Gasteiger partial charge in [0.05, 0.1) is 10.6 Å². The predicted octanol–water partition coefficient (Wildman–Crippen LogP) is 2.94. The van der Waals surface area contributed by atoms with Crippen LogP contribution in [0.4, 0.5) is 5.69 Å². The van der Waals surface area contributed by atoms with Gasteiger partial charge in [-0.1, -0.05) is 24.4 Å². The van der Waals surface area contributed by atoms with Gasteiger partial charge < -0.3 is 11.1 Å². The second-order valence-corrected chi connectivity index (χ2v) is 5.50. The molecule has 1 amide bonds. The number of nitrogens with one attached hydrogen (secondary N) is 1. The second kappa shape index (κ2) is 5.29. The minimum Gasteiger partial charge on any atom is -0.389 e. The van der Waals surface area contributed by atoms with Crippen molar-refractivity contribution in [3.63, 3.8) is 0 Å². The maximum atomic E-state index is 12.0. The van der Waals surface area contributed by atoms with E-state index in [0.717, 1.165) is 4.88 Å². The van der Waals surface area contributed by atoms with Crippen LogP contribution in [-0.4, -0.2) is 10.9 Å². The van der Waals surface area contributed by atoms with Crippen molar-refractivity contribution in [3.8, 4) is 0 Å². The Morgan fingerprint density at radius 2 is 2.00 bits per heavy atom. The highest BCUT2D eigenvalue weighted by Gasteiger charge is 2.11. The first kappa shape index (κ1) is 12.7. The number of hydrogen-bond acceptors (Lipinski definition) is 3. The molecule has 1 heterocycles. The number of amides is 1. The van der Waals surface area contributed by atoms with E-state index >= 15 is 0 Å². The topological polar surface area (TPSA) is 55.1 Å². The summed E-state index contributed by atoms with van der Waals surface area (Å²) in [5.41, 5.74) is 6.93. The van der Waals surface area contributed by atoms with Crippen LogP contribution < -0.4 is 11.1 Å². The van der Waals surface area contributed by atoms with Gasteiger partial charge in [0.2, 0.25) is 0 Å². The van der Waals surface area contributed by atoms with E-state index in [9.17, 15) is 4.79 Å². The zero-order chi connectivity index (χ0) is 13.1. The summed E-state index contributed by atoms with van der Waals surface area (Å²) in [6.07, 6.45) is 0. The molecule has 5 heteroatoms. The maximum Gasteiger partial charge on any atom is 0.265 e. The first-order valence-electron chi connectivity index (χ1n) is 5.34. The molecule has 3 nitrogen and oxygen atoms in total. The molecule has 0 aliphatic carbocycles. The van der Waals surface area contributed by atoms with E-state index in [1.54, 1.807) is 18.2 Å². The number of benzene rings is 1. The Balaban J connectivity index is 2.24. The van der Waals surface area contributed by atoms with E-state index in [1.807, 2.05) is 25.1 Å². The Labute approximate surface area is 115 Å². The van der Waals surface area contributed by atoms with Crippen molar-refractivity contribution in [2.24, 2.45) is 5.73 Å². The average molecular weight is 276 g/mol. The molecule has 1 aromatic heterocycles. The van der Waals surface area contributed by atoms with Gasteiger partial charge in [0.1, 0.15) is 4.99 Å². The third-order valence-corrected chi connectivity index (χ3v) is 3.62. The van der Waals surface area contributed by atoms with Crippen LogP contribution in [0.3, 0.4) is 0 Å². The SMILES string of the molecule is Cc1ccc(C(=O)Nc2ccccc2C(N)=S)s1. The molecule has 0 bridgehead atoms. The van der Waals surface area contributed by atoms with E-state index in [2.05, 4.69) is 5.32 Å². The lowest BCUT2D eigenvalue weighted by Gasteiger charge is -2.08. The first-order valence-corrected chi connectivity index (χ1v) is 6.57. The van der Waals surface area contributed by atoms with Crippen LogP contribution in [0, 0.1) is 6.92 Å². The standard InChI is InChI=1S/C13H12N2OS2/c1-8-6-7-11(18-8)13(16)15-10-5-3-2-4-9(10)12(14)17/h2-7H,1H3,(H2,14,17)(H,15,16). The number of carbonyl (C=O) groups excluding carboxylic acids is 1. The fourth-order valence-corrected chi connectivity index (χ4v) is 2.49. The molecule has 0 spiro atoms. The molecule has 0 saturated carbocycles. The minimum atomic E-state index is -0.142. The molecule has 0 saturated heterocycles. The molecule has 0 aliphatic rings. The smallest absolute Gasteiger partial charge is 0.265 e. The number of thiophene rings is 1. The fourth-order valence-electron chi connectivity index (χ4n) is 1.55. The summed E-state index contributed by atoms with van der Waals surface area (Å²) in [6.45, 7) is 1.96. The van der Waals surface area contributed by atoms with Gasteiger partial charge in [-0.15, -0.1) is 11.3 Å². The summed E-state index contributed by atoms with van der Waals surface area (Å²) >= 11 is 6.41. The molecular weight excluding hydrogens is 264 g/mol. The fraction of sp³-hybridized carbons (Fsp3) is 0.0769. The van der Waals surface area contributed by atoms with Gasteiger partial charge in [0.15, 0.2) is 0 Å². The number of aryl methyl sites for hydroxylation is 1. The molecular formula is C13H12N2OS2. The molecule has 92 valence electrons. The normalized spacial score (nSPS) is 10.1. The number of rotatable bonds is 3. The van der Waals surface area contributed by atoms with Crippen molar-refractivity contribution >= 4 is 40.1 Å². The minimum absolute atomic E-state index is 0.142. The van der Waals surface area contributed by atoms with Crippen LogP contribution in [0.1, 0.15) is 20.1 Å². The van der Waals surface area contributed by atoms with Crippen molar-refractivity contribution in [2.45, 2.75) is 6.92 Å². The van der Waals surface area contributed by atoms with Crippen molar-refractivity contribution < 1.29 is 4.79 Å². The lowest BCUT2D eigenvalue weighted by atomic mass is 10.2. The van der Waals surface area contributed by atoms with Crippen LogP contribution in [0.5, 0.6) is 0 Å². The van der Waals surface area contributed by atoms with Crippen LogP contribution in [-0.2, 0) is 0 Å². The highest BCUT2D eigenvalue weighted by atomic mass is 32.1. The van der Waals surface area contributed by atoms with E-state index in [0.29, 0.717) is 16.1 Å². The third-order valence-electron chi connectivity index (χ3n) is 2.40. The monoisotopic (exact) mass is 276 g/mol. The van der Waals surface area contributed by atoms with Crippen molar-refractivity contribution in [1.29, 1.82) is 0 Å². The van der Waals surface area contributed by atoms with Gasteiger partial charge >= 0.3 is 0 Å². The van der Waals surface area contributed by atoms with Crippen molar-refractivity contribution in [2.75, 3.05) is 5.32 Å². The van der Waals surface area contributed by atoms with E-state index in [-0.39, 0.29) is 10.9 Å². The predicted molar refractivity (Wildman–Crippen MR) is 79.3 cm³/mol. The summed E-state index contributed by atoms with van der Waals surface area (Å²) in [7, 11) is 0. The Bertz CT molecular complexity index is 605. The van der Waals surface area contributed by atoms with Gasteiger partial charge in [0, 0.05) is 10.4 Å². The zero-order valence-corrected chi connectivity index (χ0v) is 11.4. The van der Waals surface area contributed by atoms with Gasteiger partial charge in [-0.05, 0) is 31.2 Å². The zero-order valence-electron chi connectivity index (χ0n) is 9.77. The number of thiocarbonyl (C=S) groups is 1. The Kier molecular flexibility index (Phi) is 3.74. The Hall–Kier alpha value is -1.72. The number of nitrogens with two attached hydrogens (primary N) is 1. The van der Waals surface area contributed by atoms with Gasteiger partial charge in [0.25, 0.3) is 5.91 Å². The Morgan fingerprint density at radius 3 is 2.61 bits per heavy atom. The third kappa shape index (κ3) is 2.75. The number of para-hydroxylation sites is 1. The maximum absolute atomic E-state index is 12.0. The Morgan fingerprint density at radius 1 is 1.28 bits per heavy atom. The summed E-state index contributed by atoms with van der Waals surface area (Å²) in [5.74, 6) is -0.142. The van der Waals surface area contributed by atoms with Gasteiger partial charge in [-0.25, -0.2) is 0 Å². The van der Waals surface area contributed by atoms with Crippen LogP contribution in [0.25, 0.3) is 0 Å². The van der Waals surface area contributed by atoms with Gasteiger partial charge in [-0.2, -0.15) is 0 Å². The van der Waals surface area contributed by atoms with E-state index < -0.39 is 0 Å². The summed E-state index contributed by atoms with van der Waals surface area (Å²) in [4.78, 5) is 14.1. The molecule has 0 atom stereocenters. The summed E-state index contributed by atoms with van der Waals surface area (Å²) in [6, 6.07) is 11.0. The van der Waals surface area contributed by atoms with Crippen LogP contribution >= 0.6 is 23.6 Å². The van der Waals surface area contributed by atoms with Crippen molar-refractivity contribution in [1.82, 2.24) is 0 Å². The van der Waals surface area contributed by atoms with E-state index in [4.69, 9.17) is 18.0 Å². The molecule has 3 N–H and O–H groups in total. The highest BCUT2D eigenvalue weighted by Crippen LogP contribution is 2.19.